The van der Waals surface area contributed by atoms with E-state index in [9.17, 15) is 9.59 Å². The number of fused-ring (bicyclic) bond motifs is 2. The quantitative estimate of drug-likeness (QED) is 0.500. The fraction of sp³-hybridized carbons (Fsp3) is 0.208. The first kappa shape index (κ1) is 18.4. The van der Waals surface area contributed by atoms with Gasteiger partial charge in [0.25, 0.3) is 0 Å². The van der Waals surface area contributed by atoms with Crippen molar-refractivity contribution in [2.75, 3.05) is 5.32 Å². The van der Waals surface area contributed by atoms with E-state index in [4.69, 9.17) is 4.42 Å². The van der Waals surface area contributed by atoms with Crippen LogP contribution in [0.1, 0.15) is 46.6 Å². The van der Waals surface area contributed by atoms with E-state index in [1.54, 1.807) is 10.7 Å². The molecule has 2 aromatic carbocycles. The molecule has 1 aliphatic heterocycles. The molecule has 1 unspecified atom stereocenters. The first-order chi connectivity index (χ1) is 14.5. The first-order valence-corrected chi connectivity index (χ1v) is 10.1. The van der Waals surface area contributed by atoms with Crippen molar-refractivity contribution in [3.63, 3.8) is 0 Å². The van der Waals surface area contributed by atoms with Crippen molar-refractivity contribution >= 4 is 28.5 Å². The van der Waals surface area contributed by atoms with Crippen molar-refractivity contribution in [1.82, 2.24) is 9.78 Å². The Bertz CT molecular complexity index is 1250. The molecule has 30 heavy (non-hydrogen) atoms. The molecule has 6 nitrogen and oxygen atoms in total. The van der Waals surface area contributed by atoms with Gasteiger partial charge in [0, 0.05) is 17.4 Å². The smallest absolute Gasteiger partial charge is 0.226 e. The highest BCUT2D eigenvalue weighted by Gasteiger charge is 2.37. The van der Waals surface area contributed by atoms with Crippen LogP contribution in [0.25, 0.3) is 16.7 Å². The van der Waals surface area contributed by atoms with Gasteiger partial charge in [-0.25, -0.2) is 4.68 Å². The van der Waals surface area contributed by atoms with E-state index >= 15 is 0 Å². The Morgan fingerprint density at radius 3 is 2.70 bits per heavy atom. The van der Waals surface area contributed by atoms with Crippen LogP contribution in [0.2, 0.25) is 0 Å². The second kappa shape index (κ2) is 6.99. The van der Waals surface area contributed by atoms with Crippen LogP contribution in [0.15, 0.2) is 59.0 Å². The fourth-order valence-corrected chi connectivity index (χ4v) is 4.11. The molecule has 4 aromatic rings. The molecule has 0 radical (unpaired) electrons. The molecule has 0 spiro atoms. The Kier molecular flexibility index (Phi) is 4.28. The maximum Gasteiger partial charge on any atom is 0.226 e. The zero-order valence-corrected chi connectivity index (χ0v) is 16.8. The maximum atomic E-state index is 13.3. The van der Waals surface area contributed by atoms with Gasteiger partial charge in [0.05, 0.1) is 17.3 Å². The number of carbonyl (C=O) groups excluding carboxylic acids is 2. The highest BCUT2D eigenvalue weighted by molar-refractivity contribution is 6.08. The summed E-state index contributed by atoms with van der Waals surface area (Å²) in [5, 5.41) is 8.42. The SMILES string of the molecule is CCc1ccc(-n2nc(C)c3c2NC(=O)CC3C(=O)c2cc3ccccc3o2)cc1. The normalized spacial score (nSPS) is 15.8. The molecule has 0 bridgehead atoms. The van der Waals surface area contributed by atoms with Crippen LogP contribution in [0.3, 0.4) is 0 Å². The number of aryl methyl sites for hydroxylation is 2. The lowest BCUT2D eigenvalue weighted by atomic mass is 9.87. The number of hydrogen-bond acceptors (Lipinski definition) is 4. The van der Waals surface area contributed by atoms with Crippen molar-refractivity contribution in [3.05, 3.63) is 77.2 Å². The van der Waals surface area contributed by atoms with E-state index in [2.05, 4.69) is 17.3 Å². The highest BCUT2D eigenvalue weighted by atomic mass is 16.3. The number of hydrogen-bond donors (Lipinski definition) is 1. The third-order valence-electron chi connectivity index (χ3n) is 5.68. The lowest BCUT2D eigenvalue weighted by molar-refractivity contribution is -0.116. The molecule has 1 N–H and O–H groups in total. The van der Waals surface area contributed by atoms with Crippen LogP contribution in [0, 0.1) is 6.92 Å². The molecule has 1 amide bonds. The van der Waals surface area contributed by atoms with Crippen molar-refractivity contribution in [3.8, 4) is 5.69 Å². The molecular weight excluding hydrogens is 378 g/mol. The molecule has 6 heteroatoms. The predicted octanol–water partition coefficient (Wildman–Crippen LogP) is 4.80. The van der Waals surface area contributed by atoms with E-state index in [1.807, 2.05) is 55.5 Å². The van der Waals surface area contributed by atoms with Gasteiger partial charge in [0.2, 0.25) is 11.7 Å². The summed E-state index contributed by atoms with van der Waals surface area (Å²) in [5.41, 5.74) is 4.19. The number of amides is 1. The minimum absolute atomic E-state index is 0.0736. The number of furan rings is 1. The molecule has 0 fully saturated rings. The minimum Gasteiger partial charge on any atom is -0.453 e. The number of benzene rings is 2. The predicted molar refractivity (Wildman–Crippen MR) is 114 cm³/mol. The van der Waals surface area contributed by atoms with Crippen LogP contribution in [-0.2, 0) is 11.2 Å². The third-order valence-corrected chi connectivity index (χ3v) is 5.68. The maximum absolute atomic E-state index is 13.3. The van der Waals surface area contributed by atoms with E-state index in [0.717, 1.165) is 28.8 Å². The lowest BCUT2D eigenvalue weighted by Crippen LogP contribution is -2.28. The van der Waals surface area contributed by atoms with Gasteiger partial charge in [0.15, 0.2) is 5.76 Å². The molecule has 0 saturated heterocycles. The second-order valence-electron chi connectivity index (χ2n) is 7.60. The Morgan fingerprint density at radius 2 is 1.97 bits per heavy atom. The summed E-state index contributed by atoms with van der Waals surface area (Å²) in [6, 6.07) is 17.3. The number of para-hydroxylation sites is 1. The Labute approximate surface area is 173 Å². The zero-order valence-electron chi connectivity index (χ0n) is 16.8. The summed E-state index contributed by atoms with van der Waals surface area (Å²) in [6.45, 7) is 3.97. The largest absolute Gasteiger partial charge is 0.453 e. The number of carbonyl (C=O) groups is 2. The van der Waals surface area contributed by atoms with Crippen LogP contribution in [0.4, 0.5) is 5.82 Å². The van der Waals surface area contributed by atoms with E-state index < -0.39 is 5.92 Å². The van der Waals surface area contributed by atoms with E-state index in [1.165, 1.54) is 5.56 Å². The molecule has 0 saturated carbocycles. The minimum atomic E-state index is -0.627. The van der Waals surface area contributed by atoms with Gasteiger partial charge in [-0.2, -0.15) is 5.10 Å². The van der Waals surface area contributed by atoms with Crippen molar-refractivity contribution in [2.24, 2.45) is 0 Å². The molecule has 1 aliphatic rings. The standard InChI is InChI=1S/C24H21N3O3/c1-3-15-8-10-17(11-9-15)27-24-22(14(2)26-27)18(13-21(28)25-24)23(29)20-12-16-6-4-5-7-19(16)30-20/h4-12,18H,3,13H2,1-2H3,(H,25,28). The summed E-state index contributed by atoms with van der Waals surface area (Å²) in [7, 11) is 0. The van der Waals surface area contributed by atoms with Gasteiger partial charge < -0.3 is 9.73 Å². The molecular formula is C24H21N3O3. The van der Waals surface area contributed by atoms with Gasteiger partial charge in [-0.3, -0.25) is 9.59 Å². The summed E-state index contributed by atoms with van der Waals surface area (Å²) in [5.74, 6) is -0.212. The number of rotatable bonds is 4. The van der Waals surface area contributed by atoms with Crippen molar-refractivity contribution in [2.45, 2.75) is 32.6 Å². The van der Waals surface area contributed by atoms with Crippen LogP contribution in [-0.4, -0.2) is 21.5 Å². The fourth-order valence-electron chi connectivity index (χ4n) is 4.11. The van der Waals surface area contributed by atoms with Crippen LogP contribution >= 0.6 is 0 Å². The average molecular weight is 399 g/mol. The third kappa shape index (κ3) is 2.92. The topological polar surface area (TPSA) is 77.1 Å². The summed E-state index contributed by atoms with van der Waals surface area (Å²) in [4.78, 5) is 25.9. The monoisotopic (exact) mass is 399 g/mol. The number of ketones is 1. The van der Waals surface area contributed by atoms with Crippen LogP contribution < -0.4 is 5.32 Å². The first-order valence-electron chi connectivity index (χ1n) is 10.1. The number of nitrogens with zero attached hydrogens (tertiary/aromatic N) is 2. The van der Waals surface area contributed by atoms with Gasteiger partial charge >= 0.3 is 0 Å². The zero-order chi connectivity index (χ0) is 20.8. The number of nitrogens with one attached hydrogen (secondary N) is 1. The van der Waals surface area contributed by atoms with Crippen molar-refractivity contribution in [1.29, 1.82) is 0 Å². The molecule has 150 valence electrons. The lowest BCUT2D eigenvalue weighted by Gasteiger charge is -2.22. The summed E-state index contributed by atoms with van der Waals surface area (Å²) in [6.07, 6.45) is 1.02. The Hall–Kier alpha value is -3.67. The summed E-state index contributed by atoms with van der Waals surface area (Å²) >= 11 is 0. The molecule has 2 aromatic heterocycles. The van der Waals surface area contributed by atoms with Gasteiger partial charge in [-0.05, 0) is 43.2 Å². The Balaban J connectivity index is 1.58. The highest BCUT2D eigenvalue weighted by Crippen LogP contribution is 2.39. The van der Waals surface area contributed by atoms with E-state index in [0.29, 0.717) is 11.4 Å². The number of anilines is 1. The molecule has 0 aliphatic carbocycles. The second-order valence-corrected chi connectivity index (χ2v) is 7.60. The molecule has 5 rings (SSSR count). The van der Waals surface area contributed by atoms with Gasteiger partial charge in [0.1, 0.15) is 11.4 Å². The summed E-state index contributed by atoms with van der Waals surface area (Å²) < 4.78 is 7.49. The average Bonchev–Trinajstić information content (AvgIpc) is 3.34. The van der Waals surface area contributed by atoms with Gasteiger partial charge in [-0.15, -0.1) is 0 Å². The van der Waals surface area contributed by atoms with Gasteiger partial charge in [-0.1, -0.05) is 37.3 Å². The molecule has 3 heterocycles. The van der Waals surface area contributed by atoms with Crippen LogP contribution in [0.5, 0.6) is 0 Å². The Morgan fingerprint density at radius 1 is 1.20 bits per heavy atom. The molecule has 1 atom stereocenters. The number of aromatic nitrogens is 2. The van der Waals surface area contributed by atoms with Crippen molar-refractivity contribution < 1.29 is 14.0 Å². The van der Waals surface area contributed by atoms with E-state index in [-0.39, 0.29) is 23.9 Å². The number of Topliss-reactive ketones (excluding diaryl/α,β-unsaturated/α-hetero) is 1.